The molecular formula is C17H28O4. The highest BCUT2D eigenvalue weighted by atomic mass is 16.5. The van der Waals surface area contributed by atoms with Gasteiger partial charge in [-0.1, -0.05) is 18.1 Å². The lowest BCUT2D eigenvalue weighted by Gasteiger charge is -2.50. The molecule has 0 spiro atoms. The summed E-state index contributed by atoms with van der Waals surface area (Å²) in [6, 6.07) is 0. The van der Waals surface area contributed by atoms with Crippen LogP contribution in [0.2, 0.25) is 0 Å². The largest absolute Gasteiger partial charge is 0.466 e. The smallest absolute Gasteiger partial charge is 0.317 e. The lowest BCUT2D eigenvalue weighted by atomic mass is 9.51. The monoisotopic (exact) mass is 296 g/mol. The van der Waals surface area contributed by atoms with Gasteiger partial charge in [0.1, 0.15) is 5.41 Å². The van der Waals surface area contributed by atoms with E-state index in [2.05, 4.69) is 0 Å². The van der Waals surface area contributed by atoms with Crippen molar-refractivity contribution in [3.8, 4) is 0 Å². The van der Waals surface area contributed by atoms with Crippen molar-refractivity contribution < 1.29 is 19.1 Å². The Morgan fingerprint density at radius 1 is 1.10 bits per heavy atom. The van der Waals surface area contributed by atoms with Crippen molar-refractivity contribution in [1.82, 2.24) is 0 Å². The van der Waals surface area contributed by atoms with Crippen LogP contribution < -0.4 is 0 Å². The Balaban J connectivity index is 3.50. The van der Waals surface area contributed by atoms with Crippen molar-refractivity contribution >= 4 is 11.9 Å². The van der Waals surface area contributed by atoms with Crippen molar-refractivity contribution in [3.05, 3.63) is 11.1 Å². The SMILES string of the molecule is CCOC(=O)C1(C)C(C)=C(C)CC(C)C1(C)C(=O)OCC. The molecule has 0 amide bonds. The molecule has 21 heavy (non-hydrogen) atoms. The molecule has 4 nitrogen and oxygen atoms in total. The van der Waals surface area contributed by atoms with E-state index in [1.807, 2.05) is 34.6 Å². The van der Waals surface area contributed by atoms with Gasteiger partial charge in [0.15, 0.2) is 0 Å². The molecule has 0 bridgehead atoms. The van der Waals surface area contributed by atoms with E-state index in [1.54, 1.807) is 13.8 Å². The standard InChI is InChI=1S/C17H28O4/c1-8-20-14(18)16(6)12(4)10-11(3)13(5)17(16,7)15(19)21-9-2/h12H,8-10H2,1-7H3. The van der Waals surface area contributed by atoms with Crippen LogP contribution in [-0.2, 0) is 19.1 Å². The molecule has 0 aliphatic heterocycles. The van der Waals surface area contributed by atoms with Crippen molar-refractivity contribution in [3.63, 3.8) is 0 Å². The number of allylic oxidation sites excluding steroid dienone is 1. The summed E-state index contributed by atoms with van der Waals surface area (Å²) in [6.45, 7) is 13.8. The van der Waals surface area contributed by atoms with Crippen LogP contribution in [0.25, 0.3) is 0 Å². The van der Waals surface area contributed by atoms with Gasteiger partial charge in [0.05, 0.1) is 18.6 Å². The summed E-state index contributed by atoms with van der Waals surface area (Å²) >= 11 is 0. The highest BCUT2D eigenvalue weighted by Crippen LogP contribution is 2.57. The van der Waals surface area contributed by atoms with Gasteiger partial charge in [-0.15, -0.1) is 0 Å². The van der Waals surface area contributed by atoms with Crippen LogP contribution in [-0.4, -0.2) is 25.2 Å². The normalized spacial score (nSPS) is 32.8. The van der Waals surface area contributed by atoms with Gasteiger partial charge in [0.2, 0.25) is 0 Å². The molecule has 4 heteroatoms. The lowest BCUT2D eigenvalue weighted by Crippen LogP contribution is -2.56. The lowest BCUT2D eigenvalue weighted by molar-refractivity contribution is -0.181. The minimum absolute atomic E-state index is 0.00894. The van der Waals surface area contributed by atoms with Crippen molar-refractivity contribution in [2.75, 3.05) is 13.2 Å². The van der Waals surface area contributed by atoms with Crippen LogP contribution in [0.4, 0.5) is 0 Å². The maximum absolute atomic E-state index is 12.7. The zero-order valence-electron chi connectivity index (χ0n) is 14.3. The second kappa shape index (κ2) is 6.20. The second-order valence-electron chi connectivity index (χ2n) is 6.28. The van der Waals surface area contributed by atoms with Crippen LogP contribution in [0.5, 0.6) is 0 Å². The van der Waals surface area contributed by atoms with Gasteiger partial charge in [-0.05, 0) is 53.9 Å². The molecule has 3 unspecified atom stereocenters. The molecule has 0 radical (unpaired) electrons. The molecule has 0 aromatic carbocycles. The average molecular weight is 296 g/mol. The zero-order valence-corrected chi connectivity index (χ0v) is 14.3. The molecule has 1 aliphatic carbocycles. The third-order valence-corrected chi connectivity index (χ3v) is 5.41. The van der Waals surface area contributed by atoms with E-state index in [4.69, 9.17) is 9.47 Å². The number of carbonyl (C=O) groups excluding carboxylic acids is 2. The maximum Gasteiger partial charge on any atom is 0.317 e. The summed E-state index contributed by atoms with van der Waals surface area (Å²) in [6.07, 6.45) is 0.788. The van der Waals surface area contributed by atoms with Gasteiger partial charge >= 0.3 is 11.9 Å². The quantitative estimate of drug-likeness (QED) is 0.588. The Morgan fingerprint density at radius 2 is 1.57 bits per heavy atom. The van der Waals surface area contributed by atoms with Crippen LogP contribution in [0.3, 0.4) is 0 Å². The molecule has 120 valence electrons. The van der Waals surface area contributed by atoms with Gasteiger partial charge in [-0.3, -0.25) is 9.59 Å². The molecule has 1 rings (SSSR count). The maximum atomic E-state index is 12.7. The van der Waals surface area contributed by atoms with E-state index >= 15 is 0 Å². The van der Waals surface area contributed by atoms with Gasteiger partial charge in [-0.2, -0.15) is 0 Å². The van der Waals surface area contributed by atoms with Gasteiger partial charge in [0.25, 0.3) is 0 Å². The number of hydrogen-bond acceptors (Lipinski definition) is 4. The molecular weight excluding hydrogens is 268 g/mol. The fourth-order valence-corrected chi connectivity index (χ4v) is 3.45. The summed E-state index contributed by atoms with van der Waals surface area (Å²) in [5.41, 5.74) is 0.171. The molecule has 0 N–H and O–H groups in total. The molecule has 3 atom stereocenters. The molecule has 0 fully saturated rings. The minimum atomic E-state index is -0.989. The first-order valence-electron chi connectivity index (χ1n) is 7.69. The van der Waals surface area contributed by atoms with E-state index in [0.29, 0.717) is 13.2 Å². The highest BCUT2D eigenvalue weighted by molar-refractivity contribution is 5.91. The van der Waals surface area contributed by atoms with Gasteiger partial charge in [-0.25, -0.2) is 0 Å². The summed E-state index contributed by atoms with van der Waals surface area (Å²) in [5, 5.41) is 0. The van der Waals surface area contributed by atoms with Crippen molar-refractivity contribution in [1.29, 1.82) is 0 Å². The Morgan fingerprint density at radius 3 is 2.05 bits per heavy atom. The summed E-state index contributed by atoms with van der Waals surface area (Å²) in [7, 11) is 0. The Labute approximate surface area is 127 Å². The number of ether oxygens (including phenoxy) is 2. The number of hydrogen-bond donors (Lipinski definition) is 0. The predicted octanol–water partition coefficient (Wildman–Crippen LogP) is 3.50. The molecule has 0 aromatic heterocycles. The summed E-state index contributed by atoms with van der Waals surface area (Å²) in [5.74, 6) is -0.654. The predicted molar refractivity (Wildman–Crippen MR) is 81.6 cm³/mol. The molecule has 1 aliphatic rings. The fourth-order valence-electron chi connectivity index (χ4n) is 3.45. The zero-order chi connectivity index (χ0) is 16.4. The topological polar surface area (TPSA) is 52.6 Å². The van der Waals surface area contributed by atoms with E-state index in [-0.39, 0.29) is 17.9 Å². The first kappa shape index (κ1) is 17.7. The first-order valence-corrected chi connectivity index (χ1v) is 7.69. The molecule has 0 aromatic rings. The van der Waals surface area contributed by atoms with Crippen molar-refractivity contribution in [2.45, 2.75) is 54.9 Å². The van der Waals surface area contributed by atoms with Crippen LogP contribution >= 0.6 is 0 Å². The first-order chi connectivity index (χ1) is 9.67. The van der Waals surface area contributed by atoms with Gasteiger partial charge in [0, 0.05) is 0 Å². The Hall–Kier alpha value is -1.32. The van der Waals surface area contributed by atoms with E-state index < -0.39 is 10.8 Å². The van der Waals surface area contributed by atoms with E-state index in [0.717, 1.165) is 17.6 Å². The highest BCUT2D eigenvalue weighted by Gasteiger charge is 2.62. The van der Waals surface area contributed by atoms with E-state index in [1.165, 1.54) is 0 Å². The van der Waals surface area contributed by atoms with Crippen LogP contribution in [0.1, 0.15) is 54.9 Å². The fraction of sp³-hybridized carbons (Fsp3) is 0.765. The molecule has 0 saturated heterocycles. The molecule has 0 saturated carbocycles. The number of carbonyl (C=O) groups is 2. The van der Waals surface area contributed by atoms with Crippen LogP contribution in [0.15, 0.2) is 11.1 Å². The third-order valence-electron chi connectivity index (χ3n) is 5.41. The number of rotatable bonds is 4. The van der Waals surface area contributed by atoms with Gasteiger partial charge < -0.3 is 9.47 Å². The third kappa shape index (κ3) is 2.49. The number of esters is 2. The second-order valence-corrected chi connectivity index (χ2v) is 6.28. The van der Waals surface area contributed by atoms with Crippen molar-refractivity contribution in [2.24, 2.45) is 16.7 Å². The summed E-state index contributed by atoms with van der Waals surface area (Å²) < 4.78 is 10.6. The summed E-state index contributed by atoms with van der Waals surface area (Å²) in [4.78, 5) is 25.3. The van der Waals surface area contributed by atoms with Crippen LogP contribution in [0, 0.1) is 16.7 Å². The van der Waals surface area contributed by atoms with E-state index in [9.17, 15) is 9.59 Å². The average Bonchev–Trinajstić information content (AvgIpc) is 2.43. The minimum Gasteiger partial charge on any atom is -0.466 e. The Kier molecular flexibility index (Phi) is 5.24. The molecule has 0 heterocycles. The Bertz CT molecular complexity index is 465.